The molecular formula is C75H146O17P2. The van der Waals surface area contributed by atoms with Crippen LogP contribution in [0.25, 0.3) is 0 Å². The number of hydrogen-bond donors (Lipinski definition) is 3. The van der Waals surface area contributed by atoms with Gasteiger partial charge in [-0.1, -0.05) is 337 Å². The van der Waals surface area contributed by atoms with Gasteiger partial charge in [-0.05, 0) is 37.5 Å². The summed E-state index contributed by atoms with van der Waals surface area (Å²) in [6.45, 7) is 9.51. The number of carbonyl (C=O) groups excluding carboxylic acids is 4. The van der Waals surface area contributed by atoms with Gasteiger partial charge in [0.2, 0.25) is 0 Å². The minimum atomic E-state index is -4.96. The van der Waals surface area contributed by atoms with Crippen LogP contribution in [0.4, 0.5) is 0 Å². The fourth-order valence-corrected chi connectivity index (χ4v) is 13.1. The molecule has 3 N–H and O–H groups in total. The van der Waals surface area contributed by atoms with Gasteiger partial charge in [0.05, 0.1) is 26.4 Å². The lowest BCUT2D eigenvalue weighted by Crippen LogP contribution is -2.30. The quantitative estimate of drug-likeness (QED) is 0.0222. The van der Waals surface area contributed by atoms with E-state index < -0.39 is 97.5 Å². The van der Waals surface area contributed by atoms with E-state index in [0.29, 0.717) is 31.6 Å². The van der Waals surface area contributed by atoms with Crippen molar-refractivity contribution in [1.29, 1.82) is 0 Å². The molecule has 0 radical (unpaired) electrons. The second-order valence-electron chi connectivity index (χ2n) is 28.0. The zero-order chi connectivity index (χ0) is 69.3. The molecule has 558 valence electrons. The summed E-state index contributed by atoms with van der Waals surface area (Å²) in [5.74, 6) is -0.668. The van der Waals surface area contributed by atoms with E-state index in [1.807, 2.05) is 0 Å². The van der Waals surface area contributed by atoms with Crippen molar-refractivity contribution in [1.82, 2.24) is 0 Å². The molecule has 94 heavy (non-hydrogen) atoms. The van der Waals surface area contributed by atoms with E-state index in [0.717, 1.165) is 102 Å². The first-order valence-corrected chi connectivity index (χ1v) is 42.0. The average Bonchev–Trinajstić information content (AvgIpc) is 1.76. The van der Waals surface area contributed by atoms with Crippen LogP contribution in [0.2, 0.25) is 0 Å². The van der Waals surface area contributed by atoms with Crippen LogP contribution in [-0.2, 0) is 65.4 Å². The predicted molar refractivity (Wildman–Crippen MR) is 381 cm³/mol. The van der Waals surface area contributed by atoms with Crippen molar-refractivity contribution in [3.8, 4) is 0 Å². The molecule has 0 saturated carbocycles. The van der Waals surface area contributed by atoms with Gasteiger partial charge in [-0.2, -0.15) is 0 Å². The molecule has 0 aliphatic rings. The summed E-state index contributed by atoms with van der Waals surface area (Å²) in [6.07, 6.45) is 54.3. The molecule has 0 aromatic carbocycles. The number of unbranched alkanes of at least 4 members (excludes halogenated alkanes) is 44. The Bertz CT molecular complexity index is 1820. The van der Waals surface area contributed by atoms with Gasteiger partial charge in [0, 0.05) is 25.7 Å². The Morgan fingerprint density at radius 2 is 0.489 bits per heavy atom. The lowest BCUT2D eigenvalue weighted by molar-refractivity contribution is -0.161. The van der Waals surface area contributed by atoms with Crippen molar-refractivity contribution in [2.24, 2.45) is 11.8 Å². The van der Waals surface area contributed by atoms with Crippen molar-refractivity contribution in [2.75, 3.05) is 39.6 Å². The van der Waals surface area contributed by atoms with Gasteiger partial charge in [0.25, 0.3) is 0 Å². The number of hydrogen-bond acceptors (Lipinski definition) is 15. The zero-order valence-corrected chi connectivity index (χ0v) is 63.1. The first-order valence-electron chi connectivity index (χ1n) is 39.0. The summed E-state index contributed by atoms with van der Waals surface area (Å²) in [5, 5.41) is 10.6. The summed E-state index contributed by atoms with van der Waals surface area (Å²) in [6, 6.07) is 0. The second-order valence-corrected chi connectivity index (χ2v) is 30.9. The highest BCUT2D eigenvalue weighted by Crippen LogP contribution is 2.45. The first kappa shape index (κ1) is 92.1. The van der Waals surface area contributed by atoms with Crippen LogP contribution < -0.4 is 0 Å². The molecule has 17 nitrogen and oxygen atoms in total. The van der Waals surface area contributed by atoms with Crippen LogP contribution in [0.3, 0.4) is 0 Å². The van der Waals surface area contributed by atoms with Gasteiger partial charge in [0.15, 0.2) is 12.2 Å². The van der Waals surface area contributed by atoms with Gasteiger partial charge in [-0.3, -0.25) is 37.3 Å². The number of aliphatic hydroxyl groups is 1. The third-order valence-electron chi connectivity index (χ3n) is 17.5. The fourth-order valence-electron chi connectivity index (χ4n) is 11.5. The Balaban J connectivity index is 5.22. The topological polar surface area (TPSA) is 237 Å². The Morgan fingerprint density at radius 3 is 0.723 bits per heavy atom. The third kappa shape index (κ3) is 68.6. The second kappa shape index (κ2) is 66.9. The van der Waals surface area contributed by atoms with E-state index in [1.54, 1.807) is 0 Å². The molecule has 0 heterocycles. The number of ether oxygens (including phenoxy) is 4. The lowest BCUT2D eigenvalue weighted by Gasteiger charge is -2.21. The molecule has 5 atom stereocenters. The van der Waals surface area contributed by atoms with Crippen molar-refractivity contribution in [2.45, 2.75) is 407 Å². The van der Waals surface area contributed by atoms with Crippen LogP contribution in [-0.4, -0.2) is 96.7 Å². The molecule has 0 spiro atoms. The lowest BCUT2D eigenvalue weighted by atomic mass is 10.0. The smallest absolute Gasteiger partial charge is 0.462 e. The minimum absolute atomic E-state index is 0.106. The van der Waals surface area contributed by atoms with Crippen LogP contribution in [0.1, 0.15) is 388 Å². The molecular weight excluding hydrogens is 1230 g/mol. The fraction of sp³-hybridized carbons (Fsp3) is 0.947. The van der Waals surface area contributed by atoms with Crippen molar-refractivity contribution < 1.29 is 80.2 Å². The maximum Gasteiger partial charge on any atom is 0.472 e. The van der Waals surface area contributed by atoms with Gasteiger partial charge in [0.1, 0.15) is 19.3 Å². The van der Waals surface area contributed by atoms with Gasteiger partial charge >= 0.3 is 39.5 Å². The van der Waals surface area contributed by atoms with Gasteiger partial charge in [-0.25, -0.2) is 9.13 Å². The normalized spacial score (nSPS) is 14.0. The van der Waals surface area contributed by atoms with E-state index in [2.05, 4.69) is 41.5 Å². The maximum atomic E-state index is 13.1. The Morgan fingerprint density at radius 1 is 0.287 bits per heavy atom. The number of rotatable bonds is 74. The maximum absolute atomic E-state index is 13.1. The molecule has 0 aromatic rings. The summed E-state index contributed by atoms with van der Waals surface area (Å²) >= 11 is 0. The van der Waals surface area contributed by atoms with E-state index in [4.69, 9.17) is 37.0 Å². The SMILES string of the molecule is CCCCCCCCCCCCCCCCCCCCCC(=O)O[C@H](COC(=O)CCCCCCCCCCCCCC(C)C)COP(=O)(O)OC[C@@H](O)COP(=O)(O)OC[C@@H](COC(=O)CCCCCCCCC(C)C)OC(=O)CCCCCCCCCCCCCC. The molecule has 0 amide bonds. The molecule has 0 aromatic heterocycles. The van der Waals surface area contributed by atoms with E-state index >= 15 is 0 Å². The monoisotopic (exact) mass is 1380 g/mol. The number of phosphoric acid groups is 2. The first-order chi connectivity index (χ1) is 45.4. The van der Waals surface area contributed by atoms with Gasteiger partial charge in [-0.15, -0.1) is 0 Å². The predicted octanol–water partition coefficient (Wildman–Crippen LogP) is 21.9. The van der Waals surface area contributed by atoms with Crippen LogP contribution in [0, 0.1) is 11.8 Å². The number of phosphoric ester groups is 2. The highest BCUT2D eigenvalue weighted by molar-refractivity contribution is 7.47. The summed E-state index contributed by atoms with van der Waals surface area (Å²) < 4.78 is 68.4. The Labute approximate surface area is 575 Å². The molecule has 2 unspecified atom stereocenters. The Kier molecular flexibility index (Phi) is 65.5. The van der Waals surface area contributed by atoms with E-state index in [9.17, 15) is 43.2 Å². The Hall–Kier alpha value is -1.94. The van der Waals surface area contributed by atoms with Crippen LogP contribution in [0.15, 0.2) is 0 Å². The summed E-state index contributed by atoms with van der Waals surface area (Å²) in [7, 11) is -9.91. The highest BCUT2D eigenvalue weighted by Gasteiger charge is 2.30. The molecule has 0 fully saturated rings. The van der Waals surface area contributed by atoms with Crippen molar-refractivity contribution in [3.05, 3.63) is 0 Å². The molecule has 0 aliphatic heterocycles. The van der Waals surface area contributed by atoms with Gasteiger partial charge < -0.3 is 33.8 Å². The number of carbonyl (C=O) groups is 4. The van der Waals surface area contributed by atoms with E-state index in [1.165, 1.54) is 199 Å². The van der Waals surface area contributed by atoms with Crippen molar-refractivity contribution >= 4 is 39.5 Å². The third-order valence-corrected chi connectivity index (χ3v) is 19.4. The number of aliphatic hydroxyl groups excluding tert-OH is 1. The molecule has 0 bridgehead atoms. The van der Waals surface area contributed by atoms with Crippen LogP contribution in [0.5, 0.6) is 0 Å². The largest absolute Gasteiger partial charge is 0.472 e. The highest BCUT2D eigenvalue weighted by atomic mass is 31.2. The molecule has 0 saturated heterocycles. The summed E-state index contributed by atoms with van der Waals surface area (Å²) in [4.78, 5) is 72.7. The molecule has 0 rings (SSSR count). The van der Waals surface area contributed by atoms with E-state index in [-0.39, 0.29) is 25.7 Å². The average molecular weight is 1380 g/mol. The molecule has 0 aliphatic carbocycles. The summed E-state index contributed by atoms with van der Waals surface area (Å²) in [5.41, 5.74) is 0. The van der Waals surface area contributed by atoms with Crippen molar-refractivity contribution in [3.63, 3.8) is 0 Å². The number of esters is 4. The molecule has 19 heteroatoms. The standard InChI is InChI=1S/C75H146O17P2/c1-7-9-11-13-15-17-19-21-22-23-24-25-26-27-31-36-40-48-54-60-75(80)91-70(63-85-72(77)57-51-45-38-34-32-28-29-33-37-43-49-55-67(3)4)65-89-93(81,82)87-61-69(76)62-88-94(83,84)90-66-71(64-86-73(78)58-52-46-42-41-44-50-56-68(5)6)92-74(79)59-53-47-39-35-30-20-18-16-14-12-10-8-2/h67-71,76H,7-66H2,1-6H3,(H,81,82)(H,83,84)/t69-,70-,71-/m1/s1. The van der Waals surface area contributed by atoms with Crippen LogP contribution >= 0.6 is 15.6 Å². The minimum Gasteiger partial charge on any atom is -0.462 e. The zero-order valence-electron chi connectivity index (χ0n) is 61.3.